The fourth-order valence-corrected chi connectivity index (χ4v) is 1.48. The molecule has 62 valence electrons. The third-order valence-electron chi connectivity index (χ3n) is 1.84. The Kier molecular flexibility index (Phi) is 2.44. The quantitative estimate of drug-likeness (QED) is 0.458. The summed E-state index contributed by atoms with van der Waals surface area (Å²) in [6.45, 7) is 2.45. The SMILES string of the molecule is CNC(=S)C1C(=O)OCC1C. The topological polar surface area (TPSA) is 38.3 Å². The first-order chi connectivity index (χ1) is 5.16. The van der Waals surface area contributed by atoms with E-state index in [0.717, 1.165) is 0 Å². The fourth-order valence-electron chi connectivity index (χ4n) is 1.15. The third-order valence-corrected chi connectivity index (χ3v) is 2.30. The van der Waals surface area contributed by atoms with Gasteiger partial charge >= 0.3 is 5.97 Å². The number of carbonyl (C=O) groups excluding carboxylic acids is 1. The smallest absolute Gasteiger partial charge is 0.316 e. The van der Waals surface area contributed by atoms with E-state index in [4.69, 9.17) is 17.0 Å². The number of cyclic esters (lactones) is 1. The summed E-state index contributed by atoms with van der Waals surface area (Å²) in [5, 5.41) is 2.80. The van der Waals surface area contributed by atoms with Gasteiger partial charge in [-0.3, -0.25) is 4.79 Å². The normalized spacial score (nSPS) is 29.8. The number of thiocarbonyl (C=S) groups is 1. The second-order valence-electron chi connectivity index (χ2n) is 2.70. The molecule has 1 aliphatic rings. The second kappa shape index (κ2) is 3.17. The van der Waals surface area contributed by atoms with E-state index in [0.29, 0.717) is 11.6 Å². The van der Waals surface area contributed by atoms with Crippen LogP contribution in [-0.2, 0) is 9.53 Å². The van der Waals surface area contributed by atoms with Crippen molar-refractivity contribution < 1.29 is 9.53 Å². The summed E-state index contributed by atoms with van der Waals surface area (Å²) in [6.07, 6.45) is 0. The van der Waals surface area contributed by atoms with Gasteiger partial charge in [-0.2, -0.15) is 0 Å². The van der Waals surface area contributed by atoms with Gasteiger partial charge in [-0.15, -0.1) is 0 Å². The molecule has 11 heavy (non-hydrogen) atoms. The van der Waals surface area contributed by atoms with E-state index < -0.39 is 0 Å². The van der Waals surface area contributed by atoms with Gasteiger partial charge in [0.15, 0.2) is 0 Å². The Morgan fingerprint density at radius 2 is 2.45 bits per heavy atom. The highest BCUT2D eigenvalue weighted by atomic mass is 32.1. The number of ether oxygens (including phenoxy) is 1. The minimum Gasteiger partial charge on any atom is -0.465 e. The van der Waals surface area contributed by atoms with Crippen molar-refractivity contribution in [3.05, 3.63) is 0 Å². The van der Waals surface area contributed by atoms with Crippen LogP contribution < -0.4 is 5.32 Å². The van der Waals surface area contributed by atoms with Crippen LogP contribution in [0.15, 0.2) is 0 Å². The van der Waals surface area contributed by atoms with Crippen LogP contribution in [0, 0.1) is 11.8 Å². The lowest BCUT2D eigenvalue weighted by Crippen LogP contribution is -2.31. The minimum atomic E-state index is -0.227. The van der Waals surface area contributed by atoms with Crippen molar-refractivity contribution in [3.8, 4) is 0 Å². The van der Waals surface area contributed by atoms with Gasteiger partial charge in [-0.1, -0.05) is 19.1 Å². The number of hydrogen-bond acceptors (Lipinski definition) is 3. The summed E-state index contributed by atoms with van der Waals surface area (Å²) in [6, 6.07) is 0. The summed E-state index contributed by atoms with van der Waals surface area (Å²) >= 11 is 4.96. The maximum atomic E-state index is 11.0. The highest BCUT2D eigenvalue weighted by molar-refractivity contribution is 7.80. The van der Waals surface area contributed by atoms with Crippen molar-refractivity contribution >= 4 is 23.2 Å². The van der Waals surface area contributed by atoms with E-state index >= 15 is 0 Å². The second-order valence-corrected chi connectivity index (χ2v) is 3.14. The van der Waals surface area contributed by atoms with E-state index in [-0.39, 0.29) is 17.8 Å². The molecule has 0 saturated carbocycles. The maximum Gasteiger partial charge on any atom is 0.316 e. The van der Waals surface area contributed by atoms with Crippen LogP contribution in [0.25, 0.3) is 0 Å². The van der Waals surface area contributed by atoms with Gasteiger partial charge in [0, 0.05) is 13.0 Å². The van der Waals surface area contributed by atoms with Crippen LogP contribution in [0.3, 0.4) is 0 Å². The molecule has 1 heterocycles. The summed E-state index contributed by atoms with van der Waals surface area (Å²) in [5.74, 6) is -0.214. The molecule has 0 aromatic carbocycles. The Bertz CT molecular complexity index is 193. The van der Waals surface area contributed by atoms with Crippen LogP contribution in [0.1, 0.15) is 6.92 Å². The summed E-state index contributed by atoms with van der Waals surface area (Å²) < 4.78 is 4.83. The van der Waals surface area contributed by atoms with Crippen molar-refractivity contribution in [2.45, 2.75) is 6.92 Å². The molecule has 0 aliphatic carbocycles. The monoisotopic (exact) mass is 173 g/mol. The molecule has 0 bridgehead atoms. The zero-order chi connectivity index (χ0) is 8.43. The first kappa shape index (κ1) is 8.46. The Hall–Kier alpha value is -0.640. The third kappa shape index (κ3) is 1.50. The molecule has 0 radical (unpaired) electrons. The average molecular weight is 173 g/mol. The van der Waals surface area contributed by atoms with Crippen LogP contribution in [-0.4, -0.2) is 24.6 Å². The summed E-state index contributed by atoms with van der Waals surface area (Å²) in [5.41, 5.74) is 0. The lowest BCUT2D eigenvalue weighted by Gasteiger charge is -2.10. The van der Waals surface area contributed by atoms with Gasteiger partial charge < -0.3 is 10.1 Å². The zero-order valence-electron chi connectivity index (χ0n) is 6.59. The molecule has 1 fully saturated rings. The van der Waals surface area contributed by atoms with E-state index in [1.54, 1.807) is 7.05 Å². The maximum absolute atomic E-state index is 11.0. The summed E-state index contributed by atoms with van der Waals surface area (Å²) in [7, 11) is 1.72. The Labute approximate surface area is 71.1 Å². The van der Waals surface area contributed by atoms with Crippen LogP contribution in [0.2, 0.25) is 0 Å². The van der Waals surface area contributed by atoms with Crippen LogP contribution in [0.5, 0.6) is 0 Å². The van der Waals surface area contributed by atoms with Gasteiger partial charge in [-0.05, 0) is 0 Å². The molecule has 1 aliphatic heterocycles. The molecule has 3 nitrogen and oxygen atoms in total. The number of carbonyl (C=O) groups is 1. The van der Waals surface area contributed by atoms with Gasteiger partial charge in [0.1, 0.15) is 5.92 Å². The molecular weight excluding hydrogens is 162 g/mol. The Balaban J connectivity index is 2.68. The Morgan fingerprint density at radius 1 is 1.82 bits per heavy atom. The van der Waals surface area contributed by atoms with Gasteiger partial charge in [0.05, 0.1) is 11.6 Å². The van der Waals surface area contributed by atoms with E-state index in [1.807, 2.05) is 6.92 Å². The highest BCUT2D eigenvalue weighted by Gasteiger charge is 2.36. The molecule has 0 amide bonds. The zero-order valence-corrected chi connectivity index (χ0v) is 7.40. The molecule has 2 unspecified atom stereocenters. The van der Waals surface area contributed by atoms with E-state index in [9.17, 15) is 4.79 Å². The van der Waals surface area contributed by atoms with Crippen LogP contribution >= 0.6 is 12.2 Å². The van der Waals surface area contributed by atoms with Gasteiger partial charge in [0.25, 0.3) is 0 Å². The molecule has 0 spiro atoms. The number of hydrogen-bond donors (Lipinski definition) is 1. The largest absolute Gasteiger partial charge is 0.465 e. The predicted molar refractivity (Wildman–Crippen MR) is 45.3 cm³/mol. The van der Waals surface area contributed by atoms with E-state index in [1.165, 1.54) is 0 Å². The molecule has 1 saturated heterocycles. The molecule has 0 aromatic heterocycles. The Morgan fingerprint density at radius 3 is 2.82 bits per heavy atom. The minimum absolute atomic E-state index is 0.197. The number of nitrogens with one attached hydrogen (secondary N) is 1. The van der Waals surface area contributed by atoms with Crippen molar-refractivity contribution in [2.75, 3.05) is 13.7 Å². The van der Waals surface area contributed by atoms with Crippen LogP contribution in [0.4, 0.5) is 0 Å². The summed E-state index contributed by atoms with van der Waals surface area (Å²) in [4.78, 5) is 11.6. The number of esters is 1. The van der Waals surface area contributed by atoms with Crippen molar-refractivity contribution in [1.29, 1.82) is 0 Å². The first-order valence-corrected chi connectivity index (χ1v) is 3.96. The predicted octanol–water partition coefficient (Wildman–Crippen LogP) is 0.342. The number of rotatable bonds is 1. The average Bonchev–Trinajstić information content (AvgIpc) is 2.30. The fraction of sp³-hybridized carbons (Fsp3) is 0.714. The molecule has 1 rings (SSSR count). The van der Waals surface area contributed by atoms with Gasteiger partial charge in [0.2, 0.25) is 0 Å². The first-order valence-electron chi connectivity index (χ1n) is 3.55. The van der Waals surface area contributed by atoms with Crippen molar-refractivity contribution in [1.82, 2.24) is 5.32 Å². The van der Waals surface area contributed by atoms with Crippen molar-refractivity contribution in [2.24, 2.45) is 11.8 Å². The molecular formula is C7H11NO2S. The molecule has 0 aromatic rings. The lowest BCUT2D eigenvalue weighted by molar-refractivity contribution is -0.139. The van der Waals surface area contributed by atoms with Gasteiger partial charge in [-0.25, -0.2) is 0 Å². The van der Waals surface area contributed by atoms with Crippen molar-refractivity contribution in [3.63, 3.8) is 0 Å². The van der Waals surface area contributed by atoms with E-state index in [2.05, 4.69) is 5.32 Å². The lowest BCUT2D eigenvalue weighted by atomic mass is 9.97. The standard InChI is InChI=1S/C7H11NO2S/c1-4-3-10-7(9)5(4)6(11)8-2/h4-5H,3H2,1-2H3,(H,8,11). The molecule has 2 atom stereocenters. The molecule has 4 heteroatoms. The molecule has 1 N–H and O–H groups in total. The highest BCUT2D eigenvalue weighted by Crippen LogP contribution is 2.21.